The molecule has 5 heteroatoms. The molecule has 1 atom stereocenters. The Kier molecular flexibility index (Phi) is 3.46. The monoisotopic (exact) mass is 290 g/mol. The lowest BCUT2D eigenvalue weighted by Gasteiger charge is -2.22. The predicted molar refractivity (Wildman–Crippen MR) is 81.2 cm³/mol. The van der Waals surface area contributed by atoms with Crippen molar-refractivity contribution in [3.8, 4) is 0 Å². The molecule has 3 rings (SSSR count). The van der Waals surface area contributed by atoms with Gasteiger partial charge in [0.15, 0.2) is 0 Å². The smallest absolute Gasteiger partial charge is 0.251 e. The molecule has 106 valence electrons. The molecule has 2 aliphatic heterocycles. The number of anilines is 1. The Bertz CT molecular complexity index is 565. The molecule has 0 aromatic heterocycles. The Balaban J connectivity index is 1.66. The summed E-state index contributed by atoms with van der Waals surface area (Å²) in [6.07, 6.45) is 2.74. The first kappa shape index (κ1) is 13.5. The highest BCUT2D eigenvalue weighted by Gasteiger charge is 2.30. The molecule has 2 aliphatic rings. The maximum atomic E-state index is 12.2. The molecule has 0 radical (unpaired) electrons. The molecule has 0 bridgehead atoms. The molecule has 1 fully saturated rings. The van der Waals surface area contributed by atoms with Crippen molar-refractivity contribution in [2.24, 2.45) is 0 Å². The van der Waals surface area contributed by atoms with E-state index < -0.39 is 0 Å². The van der Waals surface area contributed by atoms with Gasteiger partial charge in [-0.1, -0.05) is 0 Å². The number of hydrogen-bond donors (Lipinski definition) is 2. The van der Waals surface area contributed by atoms with Crippen molar-refractivity contribution >= 4 is 29.3 Å². The Morgan fingerprint density at radius 2 is 2.35 bits per heavy atom. The fourth-order valence-corrected chi connectivity index (χ4v) is 3.96. The van der Waals surface area contributed by atoms with Crippen LogP contribution in [0.2, 0.25) is 0 Å². The summed E-state index contributed by atoms with van der Waals surface area (Å²) in [7, 11) is 0. The first-order valence-electron chi connectivity index (χ1n) is 6.91. The largest absolute Gasteiger partial charge is 0.351 e. The van der Waals surface area contributed by atoms with Crippen LogP contribution in [0, 0.1) is 0 Å². The van der Waals surface area contributed by atoms with E-state index in [2.05, 4.69) is 17.6 Å². The number of carbonyl (C=O) groups excluding carboxylic acids is 2. The number of rotatable bonds is 3. The molecule has 1 aromatic carbocycles. The maximum absolute atomic E-state index is 12.2. The molecule has 20 heavy (non-hydrogen) atoms. The lowest BCUT2D eigenvalue weighted by molar-refractivity contribution is -0.115. The Labute approximate surface area is 122 Å². The highest BCUT2D eigenvalue weighted by atomic mass is 32.2. The van der Waals surface area contributed by atoms with Gasteiger partial charge in [-0.05, 0) is 49.3 Å². The number of benzene rings is 1. The second kappa shape index (κ2) is 5.13. The van der Waals surface area contributed by atoms with Crippen LogP contribution in [0.5, 0.6) is 0 Å². The van der Waals surface area contributed by atoms with Gasteiger partial charge in [0.05, 0.1) is 6.42 Å². The van der Waals surface area contributed by atoms with E-state index in [1.807, 2.05) is 17.8 Å². The third-order valence-corrected chi connectivity index (χ3v) is 5.45. The first-order chi connectivity index (χ1) is 9.56. The fourth-order valence-electron chi connectivity index (χ4n) is 2.72. The van der Waals surface area contributed by atoms with Gasteiger partial charge in [0, 0.05) is 22.5 Å². The minimum Gasteiger partial charge on any atom is -0.351 e. The molecular weight excluding hydrogens is 272 g/mol. The number of hydrogen-bond acceptors (Lipinski definition) is 3. The van der Waals surface area contributed by atoms with Crippen molar-refractivity contribution < 1.29 is 9.59 Å². The van der Waals surface area contributed by atoms with E-state index in [1.165, 1.54) is 12.2 Å². The van der Waals surface area contributed by atoms with E-state index in [4.69, 9.17) is 0 Å². The third kappa shape index (κ3) is 2.68. The van der Waals surface area contributed by atoms with Crippen LogP contribution in [0.15, 0.2) is 18.2 Å². The Hall–Kier alpha value is -1.49. The Morgan fingerprint density at radius 1 is 1.50 bits per heavy atom. The van der Waals surface area contributed by atoms with E-state index in [9.17, 15) is 9.59 Å². The van der Waals surface area contributed by atoms with Gasteiger partial charge >= 0.3 is 0 Å². The second-order valence-corrected chi connectivity index (χ2v) is 7.36. The molecule has 0 spiro atoms. The average Bonchev–Trinajstić information content (AvgIpc) is 3.00. The lowest BCUT2D eigenvalue weighted by Crippen LogP contribution is -2.36. The molecule has 2 N–H and O–H groups in total. The summed E-state index contributed by atoms with van der Waals surface area (Å²) in [5.74, 6) is 1.12. The summed E-state index contributed by atoms with van der Waals surface area (Å²) < 4.78 is 0.171. The Morgan fingerprint density at radius 3 is 3.10 bits per heavy atom. The maximum Gasteiger partial charge on any atom is 0.251 e. The minimum atomic E-state index is -0.0547. The molecular formula is C15H18N2O2S. The number of amides is 2. The summed E-state index contributed by atoms with van der Waals surface area (Å²) in [6.45, 7) is 2.90. The lowest BCUT2D eigenvalue weighted by atomic mass is 10.0. The van der Waals surface area contributed by atoms with Gasteiger partial charge in [0.25, 0.3) is 5.91 Å². The minimum absolute atomic E-state index is 0.00701. The quantitative estimate of drug-likeness (QED) is 0.897. The molecule has 4 nitrogen and oxygen atoms in total. The van der Waals surface area contributed by atoms with Crippen LogP contribution in [0.1, 0.15) is 35.7 Å². The highest BCUT2D eigenvalue weighted by molar-refractivity contribution is 8.00. The molecule has 1 aromatic rings. The zero-order valence-electron chi connectivity index (χ0n) is 11.5. The van der Waals surface area contributed by atoms with Gasteiger partial charge in [-0.2, -0.15) is 11.8 Å². The van der Waals surface area contributed by atoms with Gasteiger partial charge in [-0.3, -0.25) is 9.59 Å². The van der Waals surface area contributed by atoms with E-state index in [-0.39, 0.29) is 16.6 Å². The average molecular weight is 290 g/mol. The molecule has 0 saturated carbocycles. The van der Waals surface area contributed by atoms with E-state index in [0.717, 1.165) is 17.7 Å². The first-order valence-corrected chi connectivity index (χ1v) is 7.89. The zero-order valence-corrected chi connectivity index (χ0v) is 12.3. The van der Waals surface area contributed by atoms with Crippen LogP contribution in [-0.2, 0) is 11.2 Å². The summed E-state index contributed by atoms with van der Waals surface area (Å²) in [4.78, 5) is 23.5. The molecule has 1 unspecified atom stereocenters. The fraction of sp³-hybridized carbons (Fsp3) is 0.467. The molecule has 2 heterocycles. The van der Waals surface area contributed by atoms with E-state index >= 15 is 0 Å². The van der Waals surface area contributed by atoms with Crippen molar-refractivity contribution in [3.63, 3.8) is 0 Å². The van der Waals surface area contributed by atoms with Crippen LogP contribution in [0.25, 0.3) is 0 Å². The van der Waals surface area contributed by atoms with Gasteiger partial charge in [-0.15, -0.1) is 0 Å². The van der Waals surface area contributed by atoms with Gasteiger partial charge in [0.1, 0.15) is 0 Å². The standard InChI is InChI=1S/C15H18N2O2S/c1-15(5-2-6-20-15)9-16-14(19)10-3-4-12-11(7-10)8-13(18)17-12/h3-4,7H,2,5-6,8-9H2,1H3,(H,16,19)(H,17,18). The SMILES string of the molecule is CC1(CNC(=O)c2ccc3c(c2)CC(=O)N3)CCCS1. The van der Waals surface area contributed by atoms with E-state index in [1.54, 1.807) is 12.1 Å². The van der Waals surface area contributed by atoms with Crippen LogP contribution >= 0.6 is 11.8 Å². The van der Waals surface area contributed by atoms with Crippen molar-refractivity contribution in [2.45, 2.75) is 30.9 Å². The third-order valence-electron chi connectivity index (χ3n) is 3.92. The number of fused-ring (bicyclic) bond motifs is 1. The number of carbonyl (C=O) groups is 2. The van der Waals surface area contributed by atoms with Gasteiger partial charge < -0.3 is 10.6 Å². The van der Waals surface area contributed by atoms with Crippen molar-refractivity contribution in [2.75, 3.05) is 17.6 Å². The van der Waals surface area contributed by atoms with Crippen molar-refractivity contribution in [1.29, 1.82) is 0 Å². The number of nitrogens with one attached hydrogen (secondary N) is 2. The van der Waals surface area contributed by atoms with Crippen LogP contribution in [-0.4, -0.2) is 28.9 Å². The second-order valence-electron chi connectivity index (χ2n) is 5.68. The topological polar surface area (TPSA) is 58.2 Å². The molecule has 1 saturated heterocycles. The summed E-state index contributed by atoms with van der Waals surface area (Å²) in [6, 6.07) is 5.39. The summed E-state index contributed by atoms with van der Waals surface area (Å²) in [5.41, 5.74) is 2.36. The molecule has 2 amide bonds. The van der Waals surface area contributed by atoms with Crippen LogP contribution in [0.3, 0.4) is 0 Å². The van der Waals surface area contributed by atoms with Crippen LogP contribution in [0.4, 0.5) is 5.69 Å². The summed E-state index contributed by atoms with van der Waals surface area (Å²) >= 11 is 1.93. The van der Waals surface area contributed by atoms with Crippen molar-refractivity contribution in [3.05, 3.63) is 29.3 Å². The molecule has 0 aliphatic carbocycles. The highest BCUT2D eigenvalue weighted by Crippen LogP contribution is 2.37. The van der Waals surface area contributed by atoms with Gasteiger partial charge in [0.2, 0.25) is 5.91 Å². The summed E-state index contributed by atoms with van der Waals surface area (Å²) in [5, 5.41) is 5.79. The number of thioether (sulfide) groups is 1. The zero-order chi connectivity index (χ0) is 14.2. The normalized spacial score (nSPS) is 24.4. The van der Waals surface area contributed by atoms with Crippen molar-refractivity contribution in [1.82, 2.24) is 5.32 Å². The predicted octanol–water partition coefficient (Wildman–Crippen LogP) is 2.20. The van der Waals surface area contributed by atoms with Gasteiger partial charge in [-0.25, -0.2) is 0 Å². The van der Waals surface area contributed by atoms with Crippen LogP contribution < -0.4 is 10.6 Å². The van der Waals surface area contributed by atoms with E-state index in [0.29, 0.717) is 18.5 Å².